The molecule has 0 N–H and O–H groups in total. The predicted molar refractivity (Wildman–Crippen MR) is 75.7 cm³/mol. The third kappa shape index (κ3) is 2.69. The van der Waals surface area contributed by atoms with Crippen LogP contribution >= 0.6 is 0 Å². The second-order valence-corrected chi connectivity index (χ2v) is 4.29. The van der Waals surface area contributed by atoms with E-state index in [2.05, 4.69) is 9.97 Å². The Hall–Kier alpha value is -3.26. The van der Waals surface area contributed by atoms with Crippen LogP contribution < -0.4 is 4.74 Å². The van der Waals surface area contributed by atoms with Crippen molar-refractivity contribution in [3.8, 4) is 11.8 Å². The molecule has 0 spiro atoms. The average molecular weight is 275 g/mol. The molecule has 5 nitrogen and oxygen atoms in total. The fourth-order valence-corrected chi connectivity index (χ4v) is 1.89. The molecule has 0 aliphatic carbocycles. The summed E-state index contributed by atoms with van der Waals surface area (Å²) < 4.78 is 5.29. The van der Waals surface area contributed by atoms with Crippen LogP contribution in [0.25, 0.3) is 11.0 Å². The Morgan fingerprint density at radius 2 is 1.86 bits per heavy atom. The zero-order valence-corrected chi connectivity index (χ0v) is 10.9. The normalized spacial score (nSPS) is 10.0. The third-order valence-electron chi connectivity index (χ3n) is 2.88. The smallest absolute Gasteiger partial charge is 0.343 e. The fourth-order valence-electron chi connectivity index (χ4n) is 1.89. The summed E-state index contributed by atoms with van der Waals surface area (Å²) in [4.78, 5) is 20.3. The minimum atomic E-state index is -0.518. The van der Waals surface area contributed by atoms with E-state index >= 15 is 0 Å². The van der Waals surface area contributed by atoms with Gasteiger partial charge in [-0.1, -0.05) is 6.07 Å². The van der Waals surface area contributed by atoms with Crippen LogP contribution in [0.2, 0.25) is 0 Å². The van der Waals surface area contributed by atoms with E-state index in [0.29, 0.717) is 22.4 Å². The van der Waals surface area contributed by atoms with Crippen molar-refractivity contribution in [1.82, 2.24) is 9.97 Å². The summed E-state index contributed by atoms with van der Waals surface area (Å²) in [5.74, 6) is -0.134. The van der Waals surface area contributed by atoms with Gasteiger partial charge < -0.3 is 4.74 Å². The van der Waals surface area contributed by atoms with E-state index in [1.165, 1.54) is 6.07 Å². The van der Waals surface area contributed by atoms with Gasteiger partial charge in [-0.2, -0.15) is 5.26 Å². The molecule has 1 aromatic heterocycles. The molecule has 0 saturated carbocycles. The van der Waals surface area contributed by atoms with E-state index in [9.17, 15) is 4.79 Å². The molecule has 0 aliphatic rings. The number of carbonyl (C=O) groups excluding carboxylic acids is 1. The molecule has 100 valence electrons. The maximum atomic E-state index is 12.1. The summed E-state index contributed by atoms with van der Waals surface area (Å²) in [5, 5.41) is 8.83. The molecule has 0 fully saturated rings. The molecule has 0 aliphatic heterocycles. The number of fused-ring (bicyclic) bond motifs is 1. The molecule has 0 saturated heterocycles. The molecule has 3 aromatic rings. The maximum absolute atomic E-state index is 12.1. The summed E-state index contributed by atoms with van der Waals surface area (Å²) in [6, 6.07) is 13.4. The van der Waals surface area contributed by atoms with Crippen molar-refractivity contribution < 1.29 is 9.53 Å². The highest BCUT2D eigenvalue weighted by Gasteiger charge is 2.10. The van der Waals surface area contributed by atoms with Crippen molar-refractivity contribution in [2.75, 3.05) is 0 Å². The molecule has 1 heterocycles. The van der Waals surface area contributed by atoms with Gasteiger partial charge in [-0.3, -0.25) is 9.97 Å². The first-order valence-corrected chi connectivity index (χ1v) is 6.19. The first-order chi connectivity index (χ1) is 10.3. The lowest BCUT2D eigenvalue weighted by Gasteiger charge is -2.05. The van der Waals surface area contributed by atoms with Gasteiger partial charge in [0.15, 0.2) is 0 Å². The first kappa shape index (κ1) is 12.8. The molecular weight excluding hydrogens is 266 g/mol. The van der Waals surface area contributed by atoms with Crippen molar-refractivity contribution in [1.29, 1.82) is 5.26 Å². The lowest BCUT2D eigenvalue weighted by molar-refractivity contribution is 0.0735. The highest BCUT2D eigenvalue weighted by Crippen LogP contribution is 2.18. The van der Waals surface area contributed by atoms with Crippen LogP contribution in [-0.2, 0) is 0 Å². The van der Waals surface area contributed by atoms with E-state index in [1.807, 2.05) is 6.07 Å². The van der Waals surface area contributed by atoms with Gasteiger partial charge >= 0.3 is 5.97 Å². The van der Waals surface area contributed by atoms with Gasteiger partial charge in [0.05, 0.1) is 28.2 Å². The number of ether oxygens (including phenoxy) is 1. The number of rotatable bonds is 2. The summed E-state index contributed by atoms with van der Waals surface area (Å²) in [5.41, 5.74) is 2.11. The highest BCUT2D eigenvalue weighted by atomic mass is 16.5. The number of nitriles is 1. The zero-order valence-electron chi connectivity index (χ0n) is 10.9. The Balaban J connectivity index is 1.87. The SMILES string of the molecule is N#Cc1cccc(C(=O)Oc2ccc3nccnc3c2)c1. The highest BCUT2D eigenvalue weighted by molar-refractivity contribution is 5.92. The number of hydrogen-bond donors (Lipinski definition) is 0. The van der Waals surface area contributed by atoms with Crippen LogP contribution in [0.1, 0.15) is 15.9 Å². The predicted octanol–water partition coefficient (Wildman–Crippen LogP) is 2.72. The largest absolute Gasteiger partial charge is 0.423 e. The van der Waals surface area contributed by atoms with E-state index in [0.717, 1.165) is 5.52 Å². The van der Waals surface area contributed by atoms with Crippen LogP contribution in [0.3, 0.4) is 0 Å². The molecule has 0 radical (unpaired) electrons. The number of hydrogen-bond acceptors (Lipinski definition) is 5. The van der Waals surface area contributed by atoms with Crippen molar-refractivity contribution >= 4 is 17.0 Å². The van der Waals surface area contributed by atoms with Gasteiger partial charge in [0.25, 0.3) is 0 Å². The Bertz CT molecular complexity index is 869. The lowest BCUT2D eigenvalue weighted by Crippen LogP contribution is -2.08. The van der Waals surface area contributed by atoms with E-state index in [4.69, 9.17) is 10.00 Å². The summed E-state index contributed by atoms with van der Waals surface area (Å²) >= 11 is 0. The van der Waals surface area contributed by atoms with Gasteiger partial charge in [0, 0.05) is 18.5 Å². The number of carbonyl (C=O) groups is 1. The number of nitrogens with zero attached hydrogens (tertiary/aromatic N) is 3. The molecule has 2 aromatic carbocycles. The van der Waals surface area contributed by atoms with Gasteiger partial charge in [-0.05, 0) is 30.3 Å². The second kappa shape index (κ2) is 5.39. The number of esters is 1. The molecule has 0 bridgehead atoms. The molecule has 21 heavy (non-hydrogen) atoms. The molecule has 0 unspecified atom stereocenters. The topological polar surface area (TPSA) is 75.9 Å². The molecular formula is C16H9N3O2. The van der Waals surface area contributed by atoms with Crippen LogP contribution in [0.5, 0.6) is 5.75 Å². The summed E-state index contributed by atoms with van der Waals surface area (Å²) in [7, 11) is 0. The van der Waals surface area contributed by atoms with E-state index in [-0.39, 0.29) is 0 Å². The molecule has 0 amide bonds. The van der Waals surface area contributed by atoms with E-state index < -0.39 is 5.97 Å². The van der Waals surface area contributed by atoms with Crippen molar-refractivity contribution in [2.45, 2.75) is 0 Å². The van der Waals surface area contributed by atoms with Gasteiger partial charge in [0.2, 0.25) is 0 Å². The van der Waals surface area contributed by atoms with Crippen molar-refractivity contribution in [2.24, 2.45) is 0 Å². The van der Waals surface area contributed by atoms with E-state index in [1.54, 1.807) is 48.8 Å². The Morgan fingerprint density at radius 1 is 1.05 bits per heavy atom. The van der Waals surface area contributed by atoms with Crippen LogP contribution in [-0.4, -0.2) is 15.9 Å². The van der Waals surface area contributed by atoms with Crippen molar-refractivity contribution in [3.05, 3.63) is 66.0 Å². The Morgan fingerprint density at radius 3 is 2.67 bits per heavy atom. The fraction of sp³-hybridized carbons (Fsp3) is 0. The minimum Gasteiger partial charge on any atom is -0.423 e. The van der Waals surface area contributed by atoms with Crippen LogP contribution in [0.4, 0.5) is 0 Å². The van der Waals surface area contributed by atoms with Gasteiger partial charge in [-0.15, -0.1) is 0 Å². The van der Waals surface area contributed by atoms with Gasteiger partial charge in [0.1, 0.15) is 5.75 Å². The average Bonchev–Trinajstić information content (AvgIpc) is 2.54. The molecule has 3 rings (SSSR count). The lowest BCUT2D eigenvalue weighted by atomic mass is 10.1. The Kier molecular flexibility index (Phi) is 3.27. The number of benzene rings is 2. The molecule has 5 heteroatoms. The van der Waals surface area contributed by atoms with Crippen LogP contribution in [0, 0.1) is 11.3 Å². The standard InChI is InChI=1S/C16H9N3O2/c17-10-11-2-1-3-12(8-11)16(20)21-13-4-5-14-15(9-13)19-7-6-18-14/h1-9H. The van der Waals surface area contributed by atoms with Crippen molar-refractivity contribution in [3.63, 3.8) is 0 Å². The second-order valence-electron chi connectivity index (χ2n) is 4.29. The monoisotopic (exact) mass is 275 g/mol. The summed E-state index contributed by atoms with van der Waals surface area (Å²) in [6.45, 7) is 0. The third-order valence-corrected chi connectivity index (χ3v) is 2.88. The molecule has 0 atom stereocenters. The maximum Gasteiger partial charge on any atom is 0.343 e. The zero-order chi connectivity index (χ0) is 14.7. The number of aromatic nitrogens is 2. The first-order valence-electron chi connectivity index (χ1n) is 6.19. The summed E-state index contributed by atoms with van der Waals surface area (Å²) in [6.07, 6.45) is 3.17. The van der Waals surface area contributed by atoms with Gasteiger partial charge in [-0.25, -0.2) is 4.79 Å². The quantitative estimate of drug-likeness (QED) is 0.531. The minimum absolute atomic E-state index is 0.327. The van der Waals surface area contributed by atoms with Crippen LogP contribution in [0.15, 0.2) is 54.9 Å². The Labute approximate surface area is 120 Å².